The first-order chi connectivity index (χ1) is 10.2. The molecule has 1 fully saturated rings. The summed E-state index contributed by atoms with van der Waals surface area (Å²) in [4.78, 5) is 4.22. The van der Waals surface area contributed by atoms with Gasteiger partial charge in [-0.15, -0.1) is 24.0 Å². The van der Waals surface area contributed by atoms with E-state index >= 15 is 0 Å². The maximum absolute atomic E-state index is 6.00. The summed E-state index contributed by atoms with van der Waals surface area (Å²) in [5, 5.41) is 6.68. The van der Waals surface area contributed by atoms with Crippen LogP contribution in [0.25, 0.3) is 0 Å². The van der Waals surface area contributed by atoms with E-state index in [9.17, 15) is 0 Å². The predicted molar refractivity (Wildman–Crippen MR) is 106 cm³/mol. The summed E-state index contributed by atoms with van der Waals surface area (Å²) in [7, 11) is 1.82. The molecule has 22 heavy (non-hydrogen) atoms. The van der Waals surface area contributed by atoms with Crippen LogP contribution < -0.4 is 10.6 Å². The second-order valence-corrected chi connectivity index (χ2v) is 6.47. The molecule has 0 bridgehead atoms. The molecule has 0 heterocycles. The van der Waals surface area contributed by atoms with E-state index < -0.39 is 0 Å². The van der Waals surface area contributed by atoms with E-state index in [-0.39, 0.29) is 24.0 Å². The Balaban J connectivity index is 0.00000441. The van der Waals surface area contributed by atoms with Crippen LogP contribution in [0.2, 0.25) is 0 Å². The van der Waals surface area contributed by atoms with Crippen LogP contribution in [0.1, 0.15) is 65.2 Å². The molecule has 0 radical (unpaired) electrons. The highest BCUT2D eigenvalue weighted by molar-refractivity contribution is 14.0. The molecule has 0 spiro atoms. The van der Waals surface area contributed by atoms with Crippen molar-refractivity contribution in [2.24, 2.45) is 10.9 Å². The average Bonchev–Trinajstić information content (AvgIpc) is 2.74. The standard InChI is InChI=1S/C17H35N3O.HI/c1-15(2)14-20-17(18-3)19-12-8-9-13-21-16-10-6-4-5-7-11-16;/h15-16H,4-14H2,1-3H3,(H2,18,19,20);1H. The second-order valence-electron chi connectivity index (χ2n) is 6.47. The molecular weight excluding hydrogens is 389 g/mol. The van der Waals surface area contributed by atoms with Gasteiger partial charge in [-0.1, -0.05) is 39.5 Å². The highest BCUT2D eigenvalue weighted by Crippen LogP contribution is 2.19. The van der Waals surface area contributed by atoms with Gasteiger partial charge in [-0.3, -0.25) is 4.99 Å². The molecule has 4 nitrogen and oxygen atoms in total. The van der Waals surface area contributed by atoms with Crippen molar-refractivity contribution in [2.75, 3.05) is 26.7 Å². The van der Waals surface area contributed by atoms with Crippen LogP contribution in [0.5, 0.6) is 0 Å². The van der Waals surface area contributed by atoms with Gasteiger partial charge in [-0.2, -0.15) is 0 Å². The zero-order valence-corrected chi connectivity index (χ0v) is 17.0. The van der Waals surface area contributed by atoms with Crippen LogP contribution in [0.4, 0.5) is 0 Å². The Morgan fingerprint density at radius 2 is 1.77 bits per heavy atom. The first-order valence-electron chi connectivity index (χ1n) is 8.78. The molecule has 1 saturated carbocycles. The zero-order valence-electron chi connectivity index (χ0n) is 14.7. The molecule has 132 valence electrons. The average molecular weight is 425 g/mol. The van der Waals surface area contributed by atoms with Crippen molar-refractivity contribution in [3.05, 3.63) is 0 Å². The summed E-state index contributed by atoms with van der Waals surface area (Å²) >= 11 is 0. The monoisotopic (exact) mass is 425 g/mol. The smallest absolute Gasteiger partial charge is 0.190 e. The minimum Gasteiger partial charge on any atom is -0.378 e. The molecule has 1 aliphatic carbocycles. The molecule has 0 aromatic carbocycles. The Morgan fingerprint density at radius 1 is 1.09 bits per heavy atom. The highest BCUT2D eigenvalue weighted by atomic mass is 127. The van der Waals surface area contributed by atoms with Gasteiger partial charge in [0.15, 0.2) is 5.96 Å². The minimum absolute atomic E-state index is 0. The molecule has 5 heteroatoms. The number of unbranched alkanes of at least 4 members (excludes halogenated alkanes) is 1. The quantitative estimate of drug-likeness (QED) is 0.204. The molecule has 0 unspecified atom stereocenters. The third-order valence-electron chi connectivity index (χ3n) is 3.92. The summed E-state index contributed by atoms with van der Waals surface area (Å²) in [5.41, 5.74) is 0. The van der Waals surface area contributed by atoms with Gasteiger partial charge in [0.2, 0.25) is 0 Å². The SMILES string of the molecule is CN=C(NCCCCOC1CCCCCC1)NCC(C)C.I. The van der Waals surface area contributed by atoms with Crippen molar-refractivity contribution < 1.29 is 4.74 Å². The fraction of sp³-hybridized carbons (Fsp3) is 0.941. The van der Waals surface area contributed by atoms with E-state index in [1.54, 1.807) is 0 Å². The van der Waals surface area contributed by atoms with Crippen LogP contribution in [0, 0.1) is 5.92 Å². The number of guanidine groups is 1. The number of ether oxygens (including phenoxy) is 1. The van der Waals surface area contributed by atoms with Crippen molar-refractivity contribution in [1.82, 2.24) is 10.6 Å². The Bertz CT molecular complexity index is 277. The van der Waals surface area contributed by atoms with Gasteiger partial charge in [0.05, 0.1) is 6.10 Å². The summed E-state index contributed by atoms with van der Waals surface area (Å²) < 4.78 is 6.00. The van der Waals surface area contributed by atoms with E-state index in [1.807, 2.05) is 7.05 Å². The van der Waals surface area contributed by atoms with E-state index in [2.05, 4.69) is 29.5 Å². The molecule has 0 atom stereocenters. The van der Waals surface area contributed by atoms with Crippen molar-refractivity contribution in [1.29, 1.82) is 0 Å². The molecule has 0 aliphatic heterocycles. The van der Waals surface area contributed by atoms with Gasteiger partial charge in [0.25, 0.3) is 0 Å². The van der Waals surface area contributed by atoms with Gasteiger partial charge in [-0.05, 0) is 31.6 Å². The van der Waals surface area contributed by atoms with Crippen LogP contribution in [-0.4, -0.2) is 38.8 Å². The predicted octanol–water partition coefficient (Wildman–Crippen LogP) is 3.95. The lowest BCUT2D eigenvalue weighted by Gasteiger charge is -2.16. The maximum atomic E-state index is 6.00. The van der Waals surface area contributed by atoms with E-state index in [4.69, 9.17) is 4.74 Å². The van der Waals surface area contributed by atoms with Crippen molar-refractivity contribution in [3.8, 4) is 0 Å². The van der Waals surface area contributed by atoms with Gasteiger partial charge in [-0.25, -0.2) is 0 Å². The lowest BCUT2D eigenvalue weighted by Crippen LogP contribution is -2.39. The molecule has 0 aromatic heterocycles. The number of halogens is 1. The Morgan fingerprint density at radius 3 is 2.36 bits per heavy atom. The van der Waals surface area contributed by atoms with Gasteiger partial charge < -0.3 is 15.4 Å². The Hall–Kier alpha value is -0.0400. The highest BCUT2D eigenvalue weighted by Gasteiger charge is 2.11. The second kappa shape index (κ2) is 14.5. The van der Waals surface area contributed by atoms with Crippen LogP contribution in [-0.2, 0) is 4.74 Å². The van der Waals surface area contributed by atoms with Gasteiger partial charge in [0, 0.05) is 26.7 Å². The Labute approximate surface area is 154 Å². The number of hydrogen-bond acceptors (Lipinski definition) is 2. The fourth-order valence-corrected chi connectivity index (χ4v) is 2.61. The maximum Gasteiger partial charge on any atom is 0.190 e. The molecular formula is C17H36IN3O. The van der Waals surface area contributed by atoms with Gasteiger partial charge >= 0.3 is 0 Å². The summed E-state index contributed by atoms with van der Waals surface area (Å²) in [6.45, 7) is 7.23. The normalized spacial score (nSPS) is 17.0. The Kier molecular flexibility index (Phi) is 14.5. The van der Waals surface area contributed by atoms with Crippen molar-refractivity contribution in [3.63, 3.8) is 0 Å². The van der Waals surface area contributed by atoms with Crippen LogP contribution >= 0.6 is 24.0 Å². The summed E-state index contributed by atoms with van der Waals surface area (Å²) in [6, 6.07) is 0. The lowest BCUT2D eigenvalue weighted by atomic mass is 10.1. The number of nitrogens with zero attached hydrogens (tertiary/aromatic N) is 1. The van der Waals surface area contributed by atoms with Crippen LogP contribution in [0.3, 0.4) is 0 Å². The van der Waals surface area contributed by atoms with Gasteiger partial charge in [0.1, 0.15) is 0 Å². The molecule has 1 rings (SSSR count). The number of nitrogens with one attached hydrogen (secondary N) is 2. The number of aliphatic imine (C=N–C) groups is 1. The minimum atomic E-state index is 0. The first kappa shape index (κ1) is 22.0. The van der Waals surface area contributed by atoms with E-state index in [1.165, 1.54) is 38.5 Å². The summed E-state index contributed by atoms with van der Waals surface area (Å²) in [5.74, 6) is 1.55. The van der Waals surface area contributed by atoms with Crippen molar-refractivity contribution in [2.45, 2.75) is 71.3 Å². The molecule has 0 amide bonds. The number of hydrogen-bond donors (Lipinski definition) is 2. The third kappa shape index (κ3) is 11.5. The fourth-order valence-electron chi connectivity index (χ4n) is 2.61. The molecule has 0 saturated heterocycles. The third-order valence-corrected chi connectivity index (χ3v) is 3.92. The molecule has 2 N–H and O–H groups in total. The van der Waals surface area contributed by atoms with E-state index in [0.29, 0.717) is 12.0 Å². The van der Waals surface area contributed by atoms with Crippen molar-refractivity contribution >= 4 is 29.9 Å². The molecule has 1 aliphatic rings. The number of rotatable bonds is 8. The zero-order chi connectivity index (χ0) is 15.3. The largest absolute Gasteiger partial charge is 0.378 e. The first-order valence-corrected chi connectivity index (χ1v) is 8.78. The van der Waals surface area contributed by atoms with E-state index in [0.717, 1.165) is 38.5 Å². The topological polar surface area (TPSA) is 45.7 Å². The van der Waals surface area contributed by atoms with Crippen LogP contribution in [0.15, 0.2) is 4.99 Å². The molecule has 0 aromatic rings. The lowest BCUT2D eigenvalue weighted by molar-refractivity contribution is 0.0411. The summed E-state index contributed by atoms with van der Waals surface area (Å²) in [6.07, 6.45) is 10.8.